The standard InChI is InChI=1S/C13H22N4O/c1-10(2)9-17(7-8-18-3)13-11(12(14)15)5-4-6-16-13/h4-6,10H,7-9H2,1-3H3,(H3,14,15). The number of rotatable bonds is 7. The molecule has 0 bridgehead atoms. The van der Waals surface area contributed by atoms with Gasteiger partial charge in [-0.05, 0) is 18.1 Å². The predicted molar refractivity (Wildman–Crippen MR) is 74.2 cm³/mol. The maximum absolute atomic E-state index is 7.61. The SMILES string of the molecule is COCCN(CC(C)C)c1ncccc1C(=N)N. The van der Waals surface area contributed by atoms with Gasteiger partial charge in [0, 0.05) is 26.4 Å². The van der Waals surface area contributed by atoms with Crippen molar-refractivity contribution >= 4 is 11.7 Å². The van der Waals surface area contributed by atoms with E-state index in [2.05, 4.69) is 23.7 Å². The summed E-state index contributed by atoms with van der Waals surface area (Å²) in [4.78, 5) is 6.47. The van der Waals surface area contributed by atoms with Crippen LogP contribution >= 0.6 is 0 Å². The largest absolute Gasteiger partial charge is 0.384 e. The summed E-state index contributed by atoms with van der Waals surface area (Å²) in [5.74, 6) is 1.31. The molecule has 1 rings (SSSR count). The highest BCUT2D eigenvalue weighted by molar-refractivity contribution is 5.99. The number of nitrogens with two attached hydrogens (primary N) is 1. The summed E-state index contributed by atoms with van der Waals surface area (Å²) in [5, 5.41) is 7.61. The Bertz CT molecular complexity index is 392. The molecule has 5 heteroatoms. The maximum Gasteiger partial charge on any atom is 0.139 e. The first-order valence-electron chi connectivity index (χ1n) is 6.09. The second-order valence-electron chi connectivity index (χ2n) is 4.62. The summed E-state index contributed by atoms with van der Waals surface area (Å²) in [6, 6.07) is 3.62. The van der Waals surface area contributed by atoms with Gasteiger partial charge in [-0.1, -0.05) is 13.8 Å². The van der Waals surface area contributed by atoms with Gasteiger partial charge in [-0.15, -0.1) is 0 Å². The predicted octanol–water partition coefficient (Wildman–Crippen LogP) is 1.47. The van der Waals surface area contributed by atoms with Crippen molar-refractivity contribution in [2.45, 2.75) is 13.8 Å². The van der Waals surface area contributed by atoms with Gasteiger partial charge in [-0.3, -0.25) is 5.41 Å². The lowest BCUT2D eigenvalue weighted by atomic mass is 10.1. The second kappa shape index (κ2) is 6.96. The Balaban J connectivity index is 2.99. The zero-order valence-electron chi connectivity index (χ0n) is 11.3. The second-order valence-corrected chi connectivity index (χ2v) is 4.62. The Labute approximate surface area is 108 Å². The fraction of sp³-hybridized carbons (Fsp3) is 0.538. The van der Waals surface area contributed by atoms with Gasteiger partial charge in [0.2, 0.25) is 0 Å². The highest BCUT2D eigenvalue weighted by atomic mass is 16.5. The lowest BCUT2D eigenvalue weighted by molar-refractivity contribution is 0.204. The lowest BCUT2D eigenvalue weighted by Crippen LogP contribution is -2.33. The van der Waals surface area contributed by atoms with Crippen LogP contribution in [0.5, 0.6) is 0 Å². The molecule has 0 atom stereocenters. The van der Waals surface area contributed by atoms with Crippen LogP contribution < -0.4 is 10.6 Å². The topological polar surface area (TPSA) is 75.2 Å². The highest BCUT2D eigenvalue weighted by Crippen LogP contribution is 2.17. The first-order chi connectivity index (χ1) is 8.56. The van der Waals surface area contributed by atoms with Crippen molar-refractivity contribution in [2.24, 2.45) is 11.7 Å². The third-order valence-electron chi connectivity index (χ3n) is 2.53. The minimum atomic E-state index is 0.0456. The average molecular weight is 250 g/mol. The molecule has 1 aromatic rings. The van der Waals surface area contributed by atoms with E-state index in [0.29, 0.717) is 18.1 Å². The molecule has 3 N–H and O–H groups in total. The van der Waals surface area contributed by atoms with E-state index in [4.69, 9.17) is 15.9 Å². The normalized spacial score (nSPS) is 10.7. The number of nitrogen functional groups attached to an aromatic ring is 1. The van der Waals surface area contributed by atoms with Gasteiger partial charge in [0.1, 0.15) is 11.7 Å². The van der Waals surface area contributed by atoms with E-state index in [9.17, 15) is 0 Å². The monoisotopic (exact) mass is 250 g/mol. The minimum absolute atomic E-state index is 0.0456. The molecule has 0 saturated carbocycles. The fourth-order valence-electron chi connectivity index (χ4n) is 1.79. The van der Waals surface area contributed by atoms with E-state index in [0.717, 1.165) is 18.9 Å². The van der Waals surface area contributed by atoms with Crippen LogP contribution in [0.1, 0.15) is 19.4 Å². The first kappa shape index (κ1) is 14.4. The summed E-state index contributed by atoms with van der Waals surface area (Å²) in [6.07, 6.45) is 1.72. The fourth-order valence-corrected chi connectivity index (χ4v) is 1.79. The van der Waals surface area contributed by atoms with Crippen LogP contribution in [0.15, 0.2) is 18.3 Å². The lowest BCUT2D eigenvalue weighted by Gasteiger charge is -2.27. The molecular formula is C13H22N4O. The molecule has 0 aliphatic heterocycles. The number of hydrogen-bond acceptors (Lipinski definition) is 4. The third kappa shape index (κ3) is 4.00. The summed E-state index contributed by atoms with van der Waals surface area (Å²) in [5.41, 5.74) is 6.27. The molecule has 0 amide bonds. The number of ether oxygens (including phenoxy) is 1. The van der Waals surface area contributed by atoms with E-state index >= 15 is 0 Å². The molecule has 5 nitrogen and oxygen atoms in total. The highest BCUT2D eigenvalue weighted by Gasteiger charge is 2.15. The molecule has 0 saturated heterocycles. The van der Waals surface area contributed by atoms with Crippen LogP contribution in [0.25, 0.3) is 0 Å². The van der Waals surface area contributed by atoms with E-state index in [1.807, 2.05) is 6.07 Å². The molecule has 0 aliphatic carbocycles. The van der Waals surface area contributed by atoms with Crippen molar-refractivity contribution in [2.75, 3.05) is 31.7 Å². The van der Waals surface area contributed by atoms with Crippen LogP contribution in [-0.4, -0.2) is 37.6 Å². The number of nitrogens with one attached hydrogen (secondary N) is 1. The van der Waals surface area contributed by atoms with Gasteiger partial charge >= 0.3 is 0 Å². The Hall–Kier alpha value is -1.62. The number of amidine groups is 1. The minimum Gasteiger partial charge on any atom is -0.384 e. The zero-order chi connectivity index (χ0) is 13.5. The molecule has 0 aliphatic rings. The molecule has 1 heterocycles. The van der Waals surface area contributed by atoms with Crippen LogP contribution in [-0.2, 0) is 4.74 Å². The molecule has 0 fully saturated rings. The van der Waals surface area contributed by atoms with Crippen LogP contribution in [0.2, 0.25) is 0 Å². The molecule has 1 aromatic heterocycles. The number of pyridine rings is 1. The molecule has 0 unspecified atom stereocenters. The molecule has 0 radical (unpaired) electrons. The Morgan fingerprint density at radius 2 is 2.28 bits per heavy atom. The third-order valence-corrected chi connectivity index (χ3v) is 2.53. The number of aromatic nitrogens is 1. The summed E-state index contributed by atoms with van der Waals surface area (Å²) in [7, 11) is 1.68. The van der Waals surface area contributed by atoms with Crippen LogP contribution in [0.4, 0.5) is 5.82 Å². The Morgan fingerprint density at radius 1 is 1.56 bits per heavy atom. The molecule has 100 valence electrons. The van der Waals surface area contributed by atoms with E-state index in [-0.39, 0.29) is 5.84 Å². The van der Waals surface area contributed by atoms with Crippen molar-refractivity contribution in [3.05, 3.63) is 23.9 Å². The van der Waals surface area contributed by atoms with Gasteiger partial charge in [-0.25, -0.2) is 4.98 Å². The van der Waals surface area contributed by atoms with Gasteiger partial charge in [0.05, 0.1) is 12.2 Å². The van der Waals surface area contributed by atoms with Crippen LogP contribution in [0, 0.1) is 11.3 Å². The first-order valence-corrected chi connectivity index (χ1v) is 6.09. The van der Waals surface area contributed by atoms with Crippen LogP contribution in [0.3, 0.4) is 0 Å². The average Bonchev–Trinajstić information content (AvgIpc) is 2.34. The smallest absolute Gasteiger partial charge is 0.139 e. The van der Waals surface area contributed by atoms with Gasteiger partial charge in [0.15, 0.2) is 0 Å². The molecule has 18 heavy (non-hydrogen) atoms. The van der Waals surface area contributed by atoms with E-state index in [1.54, 1.807) is 19.4 Å². The van der Waals surface area contributed by atoms with Crippen molar-refractivity contribution in [3.63, 3.8) is 0 Å². The summed E-state index contributed by atoms with van der Waals surface area (Å²) >= 11 is 0. The quantitative estimate of drug-likeness (QED) is 0.567. The maximum atomic E-state index is 7.61. The summed E-state index contributed by atoms with van der Waals surface area (Å²) in [6.45, 7) is 6.53. The zero-order valence-corrected chi connectivity index (χ0v) is 11.3. The van der Waals surface area contributed by atoms with Crippen molar-refractivity contribution in [3.8, 4) is 0 Å². The summed E-state index contributed by atoms with van der Waals surface area (Å²) < 4.78 is 5.12. The van der Waals surface area contributed by atoms with Gasteiger partial charge < -0.3 is 15.4 Å². The Kier molecular flexibility index (Phi) is 5.58. The van der Waals surface area contributed by atoms with E-state index in [1.165, 1.54) is 0 Å². The van der Waals surface area contributed by atoms with Gasteiger partial charge in [-0.2, -0.15) is 0 Å². The van der Waals surface area contributed by atoms with E-state index < -0.39 is 0 Å². The number of hydrogen-bond donors (Lipinski definition) is 2. The number of anilines is 1. The molecule has 0 aromatic carbocycles. The molecule has 0 spiro atoms. The van der Waals surface area contributed by atoms with Crippen molar-refractivity contribution in [1.29, 1.82) is 5.41 Å². The van der Waals surface area contributed by atoms with Crippen molar-refractivity contribution < 1.29 is 4.74 Å². The Morgan fingerprint density at radius 3 is 2.83 bits per heavy atom. The molecular weight excluding hydrogens is 228 g/mol. The number of methoxy groups -OCH3 is 1. The van der Waals surface area contributed by atoms with Crippen molar-refractivity contribution in [1.82, 2.24) is 4.98 Å². The van der Waals surface area contributed by atoms with Gasteiger partial charge in [0.25, 0.3) is 0 Å². The number of nitrogens with zero attached hydrogens (tertiary/aromatic N) is 2.